The molecule has 0 aromatic heterocycles. The summed E-state index contributed by atoms with van der Waals surface area (Å²) in [5, 5.41) is 10.8. The summed E-state index contributed by atoms with van der Waals surface area (Å²) in [7, 11) is 1.50. The normalized spacial score (nSPS) is 10.0. The van der Waals surface area contributed by atoms with Crippen LogP contribution in [0.15, 0.2) is 24.3 Å². The second kappa shape index (κ2) is 6.13. The minimum atomic E-state index is -0.201. The number of hydrogen-bond acceptors (Lipinski definition) is 4. The van der Waals surface area contributed by atoms with Crippen LogP contribution in [0.5, 0.6) is 0 Å². The molecule has 0 aliphatic heterocycles. The van der Waals surface area contributed by atoms with Gasteiger partial charge in [-0.25, -0.2) is 4.89 Å². The zero-order chi connectivity index (χ0) is 11.1. The van der Waals surface area contributed by atoms with Crippen molar-refractivity contribution in [3.63, 3.8) is 0 Å². The Labute approximate surface area is 87.6 Å². The van der Waals surface area contributed by atoms with Gasteiger partial charge in [0.25, 0.3) is 5.91 Å². The summed E-state index contributed by atoms with van der Waals surface area (Å²) in [6.07, 6.45) is 0. The lowest BCUT2D eigenvalue weighted by molar-refractivity contribution is -0.253. The number of rotatable bonds is 5. The fraction of sp³-hybridized carbons (Fsp3) is 0.300. The molecule has 0 bridgehead atoms. The monoisotopic (exact) mass is 211 g/mol. The van der Waals surface area contributed by atoms with Gasteiger partial charge in [-0.2, -0.15) is 0 Å². The molecule has 0 radical (unpaired) electrons. The van der Waals surface area contributed by atoms with Crippen molar-refractivity contribution in [3.8, 4) is 0 Å². The van der Waals surface area contributed by atoms with E-state index in [2.05, 4.69) is 10.2 Å². The molecule has 0 atom stereocenters. The molecule has 0 aliphatic rings. The predicted molar refractivity (Wildman–Crippen MR) is 53.2 cm³/mol. The number of carbonyl (C=O) groups is 1. The molecule has 0 unspecified atom stereocenters. The molecule has 15 heavy (non-hydrogen) atoms. The lowest BCUT2D eigenvalue weighted by atomic mass is 10.1. The highest BCUT2D eigenvalue weighted by Crippen LogP contribution is 2.05. The van der Waals surface area contributed by atoms with Crippen LogP contribution in [0.2, 0.25) is 0 Å². The van der Waals surface area contributed by atoms with Crippen LogP contribution in [0.3, 0.4) is 0 Å². The van der Waals surface area contributed by atoms with E-state index in [1.54, 1.807) is 24.3 Å². The molecule has 0 heterocycles. The van der Waals surface area contributed by atoms with Crippen LogP contribution in [0.25, 0.3) is 0 Å². The average Bonchev–Trinajstić information content (AvgIpc) is 2.27. The average molecular weight is 211 g/mol. The molecule has 0 spiro atoms. The molecule has 1 aromatic carbocycles. The van der Waals surface area contributed by atoms with Gasteiger partial charge in [-0.05, 0) is 17.7 Å². The topological polar surface area (TPSA) is 67.8 Å². The van der Waals surface area contributed by atoms with Crippen molar-refractivity contribution in [3.05, 3.63) is 35.4 Å². The number of methoxy groups -OCH3 is 1. The highest BCUT2D eigenvalue weighted by atomic mass is 17.1. The number of carbonyl (C=O) groups excluding carboxylic acids is 1. The van der Waals surface area contributed by atoms with Crippen LogP contribution >= 0.6 is 0 Å². The van der Waals surface area contributed by atoms with Crippen LogP contribution in [0.4, 0.5) is 0 Å². The summed E-state index contributed by atoms with van der Waals surface area (Å²) in [5.74, 6) is -0.201. The molecule has 2 N–H and O–H groups in total. The maximum Gasteiger partial charge on any atom is 0.253 e. The summed E-state index contributed by atoms with van der Waals surface area (Å²) in [4.78, 5) is 15.4. The van der Waals surface area contributed by atoms with Crippen molar-refractivity contribution in [1.29, 1.82) is 0 Å². The highest BCUT2D eigenvalue weighted by Gasteiger charge is 2.03. The minimum absolute atomic E-state index is 0.111. The molecule has 1 rings (SSSR count). The lowest BCUT2D eigenvalue weighted by Gasteiger charge is -2.04. The van der Waals surface area contributed by atoms with E-state index in [1.807, 2.05) is 0 Å². The summed E-state index contributed by atoms with van der Waals surface area (Å²) in [6, 6.07) is 6.72. The first-order valence-corrected chi connectivity index (χ1v) is 4.40. The second-order valence-electron chi connectivity index (χ2n) is 2.91. The maximum atomic E-state index is 11.4. The smallest absolute Gasteiger partial charge is 0.253 e. The van der Waals surface area contributed by atoms with E-state index in [-0.39, 0.29) is 19.2 Å². The van der Waals surface area contributed by atoms with Crippen molar-refractivity contribution >= 4 is 5.91 Å². The minimum Gasteiger partial charge on any atom is -0.364 e. The molecule has 0 aliphatic carbocycles. The fourth-order valence-electron chi connectivity index (χ4n) is 1.07. The second-order valence-corrected chi connectivity index (χ2v) is 2.91. The quantitative estimate of drug-likeness (QED) is 0.433. The van der Waals surface area contributed by atoms with Crippen LogP contribution in [-0.2, 0) is 16.2 Å². The molecule has 5 nitrogen and oxygen atoms in total. The number of amides is 1. The van der Waals surface area contributed by atoms with E-state index in [9.17, 15) is 4.79 Å². The van der Waals surface area contributed by atoms with Crippen molar-refractivity contribution in [2.45, 2.75) is 6.61 Å². The zero-order valence-electron chi connectivity index (χ0n) is 8.40. The van der Waals surface area contributed by atoms with Gasteiger partial charge in [0, 0.05) is 12.7 Å². The summed E-state index contributed by atoms with van der Waals surface area (Å²) in [6.45, 7) is 0.292. The summed E-state index contributed by atoms with van der Waals surface area (Å²) in [5.41, 5.74) is 1.33. The standard InChI is InChI=1S/C10H13NO4/c1-14-7-11-10(12)9-4-2-8(3-5-9)6-15-13/h2-5,13H,6-7H2,1H3,(H,11,12). The lowest BCUT2D eigenvalue weighted by Crippen LogP contribution is -2.25. The third-order valence-electron chi connectivity index (χ3n) is 1.82. The predicted octanol–water partition coefficient (Wildman–Crippen LogP) is 1.01. The first-order valence-electron chi connectivity index (χ1n) is 4.40. The van der Waals surface area contributed by atoms with Crippen LogP contribution in [0.1, 0.15) is 15.9 Å². The van der Waals surface area contributed by atoms with Crippen molar-refractivity contribution in [1.82, 2.24) is 5.32 Å². The number of nitrogens with one attached hydrogen (secondary N) is 1. The Balaban J connectivity index is 2.58. The van der Waals surface area contributed by atoms with E-state index in [0.717, 1.165) is 5.56 Å². The van der Waals surface area contributed by atoms with Crippen LogP contribution in [-0.4, -0.2) is 25.0 Å². The van der Waals surface area contributed by atoms with Gasteiger partial charge in [0.1, 0.15) is 13.3 Å². The Morgan fingerprint density at radius 2 is 2.07 bits per heavy atom. The highest BCUT2D eigenvalue weighted by molar-refractivity contribution is 5.94. The molecular formula is C10H13NO4. The molecule has 82 valence electrons. The molecule has 5 heteroatoms. The molecular weight excluding hydrogens is 198 g/mol. The van der Waals surface area contributed by atoms with Gasteiger partial charge in [0.2, 0.25) is 0 Å². The first kappa shape index (κ1) is 11.6. The Kier molecular flexibility index (Phi) is 4.76. The molecule has 0 saturated carbocycles. The van der Waals surface area contributed by atoms with Gasteiger partial charge < -0.3 is 10.1 Å². The van der Waals surface area contributed by atoms with Gasteiger partial charge in [-0.15, -0.1) is 0 Å². The summed E-state index contributed by atoms with van der Waals surface area (Å²) >= 11 is 0. The SMILES string of the molecule is COCNC(=O)c1ccc(COO)cc1. The zero-order valence-corrected chi connectivity index (χ0v) is 8.40. The molecule has 0 fully saturated rings. The van der Waals surface area contributed by atoms with Gasteiger partial charge >= 0.3 is 0 Å². The van der Waals surface area contributed by atoms with Gasteiger partial charge in [0.15, 0.2) is 0 Å². The van der Waals surface area contributed by atoms with Gasteiger partial charge in [0.05, 0.1) is 0 Å². The van der Waals surface area contributed by atoms with Crippen LogP contribution < -0.4 is 5.32 Å². The van der Waals surface area contributed by atoms with E-state index in [1.165, 1.54) is 7.11 Å². The number of hydrogen-bond donors (Lipinski definition) is 2. The van der Waals surface area contributed by atoms with Gasteiger partial charge in [-0.1, -0.05) is 12.1 Å². The maximum absolute atomic E-state index is 11.4. The number of benzene rings is 1. The largest absolute Gasteiger partial charge is 0.364 e. The third-order valence-corrected chi connectivity index (χ3v) is 1.82. The third kappa shape index (κ3) is 3.67. The Hall–Kier alpha value is -1.43. The van der Waals surface area contributed by atoms with Gasteiger partial charge in [-0.3, -0.25) is 10.1 Å². The summed E-state index contributed by atoms with van der Waals surface area (Å²) < 4.78 is 4.71. The van der Waals surface area contributed by atoms with E-state index >= 15 is 0 Å². The van der Waals surface area contributed by atoms with E-state index in [4.69, 9.17) is 9.99 Å². The van der Waals surface area contributed by atoms with E-state index < -0.39 is 0 Å². The van der Waals surface area contributed by atoms with Crippen molar-refractivity contribution in [2.75, 3.05) is 13.8 Å². The number of ether oxygens (including phenoxy) is 1. The Morgan fingerprint density at radius 3 is 2.60 bits per heavy atom. The van der Waals surface area contributed by atoms with Crippen molar-refractivity contribution < 1.29 is 19.7 Å². The Morgan fingerprint density at radius 1 is 1.40 bits per heavy atom. The molecule has 1 aromatic rings. The van der Waals surface area contributed by atoms with Crippen LogP contribution in [0, 0.1) is 0 Å². The fourth-order valence-corrected chi connectivity index (χ4v) is 1.07. The Bertz CT molecular complexity index is 310. The van der Waals surface area contributed by atoms with E-state index in [0.29, 0.717) is 5.56 Å². The molecule has 1 amide bonds. The van der Waals surface area contributed by atoms with Crippen molar-refractivity contribution in [2.24, 2.45) is 0 Å². The molecule has 0 saturated heterocycles. The first-order chi connectivity index (χ1) is 7.27.